The Morgan fingerprint density at radius 1 is 0.444 bits per heavy atom. The molecular weight excluding hydrogens is 542 g/mol. The number of hydrogen-bond acceptors (Lipinski definition) is 1. The molecule has 2 aliphatic carbocycles. The second-order valence-electron chi connectivity index (χ2n) is 11.8. The second kappa shape index (κ2) is 11.5. The van der Waals surface area contributed by atoms with Gasteiger partial charge in [-0.15, -0.1) is 0 Å². The molecule has 45 heavy (non-hydrogen) atoms. The van der Waals surface area contributed by atoms with Crippen molar-refractivity contribution in [1.29, 1.82) is 0 Å². The van der Waals surface area contributed by atoms with Gasteiger partial charge in [0.25, 0.3) is 0 Å². The molecule has 0 N–H and O–H groups in total. The number of nitrogens with zero attached hydrogens (tertiary/aromatic N) is 1. The first-order valence-corrected chi connectivity index (χ1v) is 15.4. The summed E-state index contributed by atoms with van der Waals surface area (Å²) in [6, 6.07) is 53.9. The Labute approximate surface area is 266 Å². The van der Waals surface area contributed by atoms with E-state index < -0.39 is 0 Å². The van der Waals surface area contributed by atoms with Gasteiger partial charge in [0.2, 0.25) is 0 Å². The maximum atomic E-state index is 4.88. The Hall–Kier alpha value is -5.53. The Morgan fingerprint density at radius 3 is 1.36 bits per heavy atom. The molecule has 0 aromatic heterocycles. The van der Waals surface area contributed by atoms with Crippen LogP contribution in [0.25, 0.3) is 33.5 Å². The van der Waals surface area contributed by atoms with Crippen LogP contribution in [0, 0.1) is 0 Å². The predicted octanol–water partition coefficient (Wildman–Crippen LogP) is 11.2. The first-order valence-electron chi connectivity index (χ1n) is 15.4. The predicted molar refractivity (Wildman–Crippen MR) is 192 cm³/mol. The zero-order valence-electron chi connectivity index (χ0n) is 25.8. The monoisotopic (exact) mass is 577 g/mol. The summed E-state index contributed by atoms with van der Waals surface area (Å²) in [6.45, 7) is 12.2. The minimum atomic E-state index is -0.303. The molecule has 0 saturated heterocycles. The van der Waals surface area contributed by atoms with Crippen molar-refractivity contribution < 1.29 is 0 Å². The van der Waals surface area contributed by atoms with Gasteiger partial charge in [-0.3, -0.25) is 4.99 Å². The van der Waals surface area contributed by atoms with Gasteiger partial charge >= 0.3 is 0 Å². The summed E-state index contributed by atoms with van der Waals surface area (Å²) >= 11 is 0. The van der Waals surface area contributed by atoms with Crippen molar-refractivity contribution in [3.63, 3.8) is 0 Å². The number of allylic oxidation sites excluding steroid dienone is 1. The summed E-state index contributed by atoms with van der Waals surface area (Å²) in [6.07, 6.45) is 0. The van der Waals surface area contributed by atoms with Crippen molar-refractivity contribution >= 4 is 17.0 Å². The maximum absolute atomic E-state index is 4.88. The van der Waals surface area contributed by atoms with E-state index >= 15 is 0 Å². The van der Waals surface area contributed by atoms with Gasteiger partial charge in [0, 0.05) is 11.3 Å². The van der Waals surface area contributed by atoms with Crippen LogP contribution in [0.2, 0.25) is 0 Å². The summed E-state index contributed by atoms with van der Waals surface area (Å²) in [5, 5.41) is 0. The number of aliphatic imine (C=N–C) groups is 1. The summed E-state index contributed by atoms with van der Waals surface area (Å²) in [5.74, 6) is 0. The highest BCUT2D eigenvalue weighted by Gasteiger charge is 2.51. The second-order valence-corrected chi connectivity index (χ2v) is 11.8. The zero-order valence-corrected chi connectivity index (χ0v) is 25.8. The number of hydrogen-bond donors (Lipinski definition) is 0. The lowest BCUT2D eigenvalue weighted by Gasteiger charge is -2.30. The van der Waals surface area contributed by atoms with Crippen LogP contribution < -0.4 is 0 Å². The largest absolute Gasteiger partial charge is 0.253 e. The van der Waals surface area contributed by atoms with E-state index in [-0.39, 0.29) is 5.41 Å². The third-order valence-electron chi connectivity index (χ3n) is 9.09. The fraction of sp³-hybridized carbons (Fsp3) is 0.0682. The average Bonchev–Trinajstić information content (AvgIpc) is 3.56. The van der Waals surface area contributed by atoms with E-state index in [2.05, 4.69) is 128 Å². The van der Waals surface area contributed by atoms with Crippen molar-refractivity contribution in [2.75, 3.05) is 0 Å². The highest BCUT2D eigenvalue weighted by molar-refractivity contribution is 6.02. The fourth-order valence-corrected chi connectivity index (χ4v) is 7.01. The van der Waals surface area contributed by atoms with Crippen LogP contribution in [0.15, 0.2) is 170 Å². The fourth-order valence-electron chi connectivity index (χ4n) is 7.01. The van der Waals surface area contributed by atoms with Crippen molar-refractivity contribution in [2.24, 2.45) is 4.99 Å². The molecule has 1 heteroatoms. The highest BCUT2D eigenvalue weighted by Crippen LogP contribution is 2.62. The van der Waals surface area contributed by atoms with Crippen molar-refractivity contribution in [2.45, 2.75) is 19.3 Å². The molecular formula is C44H35N. The normalized spacial score (nSPS) is 13.2. The lowest BCUT2D eigenvalue weighted by Crippen LogP contribution is -2.25. The van der Waals surface area contributed by atoms with Crippen molar-refractivity contribution in [3.8, 4) is 22.3 Å². The molecule has 6 aromatic rings. The van der Waals surface area contributed by atoms with Crippen LogP contribution in [-0.4, -0.2) is 5.71 Å². The third-order valence-corrected chi connectivity index (χ3v) is 9.09. The summed E-state index contributed by atoms with van der Waals surface area (Å²) in [5.41, 5.74) is 16.6. The minimum Gasteiger partial charge on any atom is -0.253 e. The Morgan fingerprint density at radius 2 is 0.867 bits per heavy atom. The maximum Gasteiger partial charge on any atom is 0.0725 e. The molecule has 2 aliphatic rings. The lowest BCUT2D eigenvalue weighted by atomic mass is 9.70. The zero-order chi connectivity index (χ0) is 31.0. The van der Waals surface area contributed by atoms with Gasteiger partial charge in [-0.25, -0.2) is 0 Å². The molecule has 0 amide bonds. The van der Waals surface area contributed by atoms with Crippen LogP contribution >= 0.6 is 0 Å². The molecule has 0 bridgehead atoms. The van der Waals surface area contributed by atoms with Crippen LogP contribution in [0.3, 0.4) is 0 Å². The van der Waals surface area contributed by atoms with Gasteiger partial charge in [-0.1, -0.05) is 164 Å². The van der Waals surface area contributed by atoms with Gasteiger partial charge in [-0.2, -0.15) is 0 Å². The Kier molecular flexibility index (Phi) is 7.23. The van der Waals surface area contributed by atoms with Crippen molar-refractivity contribution in [3.05, 3.63) is 204 Å². The smallest absolute Gasteiger partial charge is 0.0725 e. The standard InChI is InChI=1S/C35H25N.C9H10/c1-23(25-12-4-3-5-13-25)36-24(2)26-20-21-34-30(22-26)29-16-8-11-19-33(29)35(34)31-17-9-6-14-27(31)28-15-7-10-18-32(28)35;1-8(2)9-6-4-3-5-7-9/h3-22H,2H2,1H3;3-7H,1H2,2H3. The molecule has 0 fully saturated rings. The van der Waals surface area contributed by atoms with E-state index in [0.717, 1.165) is 28.1 Å². The van der Waals surface area contributed by atoms with E-state index in [1.54, 1.807) is 0 Å². The molecule has 8 rings (SSSR count). The number of fused-ring (bicyclic) bond motifs is 10. The number of benzene rings is 6. The Bertz CT molecular complexity index is 2050. The number of rotatable bonds is 4. The Balaban J connectivity index is 0.000000313. The first-order chi connectivity index (χ1) is 22.0. The van der Waals surface area contributed by atoms with E-state index in [1.165, 1.54) is 50.1 Å². The van der Waals surface area contributed by atoms with Crippen LogP contribution in [0.5, 0.6) is 0 Å². The highest BCUT2D eigenvalue weighted by atomic mass is 14.8. The molecule has 1 spiro atoms. The quantitative estimate of drug-likeness (QED) is 0.185. The summed E-state index contributed by atoms with van der Waals surface area (Å²) < 4.78 is 0. The molecule has 6 aromatic carbocycles. The van der Waals surface area contributed by atoms with E-state index in [9.17, 15) is 0 Å². The third kappa shape index (κ3) is 4.69. The van der Waals surface area contributed by atoms with Crippen LogP contribution in [-0.2, 0) is 5.41 Å². The lowest BCUT2D eigenvalue weighted by molar-refractivity contribution is 0.793. The molecule has 0 atom stereocenters. The van der Waals surface area contributed by atoms with Gasteiger partial charge < -0.3 is 0 Å². The van der Waals surface area contributed by atoms with Gasteiger partial charge in [0.05, 0.1) is 11.1 Å². The van der Waals surface area contributed by atoms with Gasteiger partial charge in [-0.05, 0) is 75.5 Å². The molecule has 216 valence electrons. The minimum absolute atomic E-state index is 0.303. The summed E-state index contributed by atoms with van der Waals surface area (Å²) in [7, 11) is 0. The molecule has 0 heterocycles. The molecule has 0 aliphatic heterocycles. The van der Waals surface area contributed by atoms with E-state index in [4.69, 9.17) is 4.99 Å². The molecule has 0 unspecified atom stereocenters. The first kappa shape index (κ1) is 28.3. The van der Waals surface area contributed by atoms with Crippen LogP contribution in [0.1, 0.15) is 52.8 Å². The summed E-state index contributed by atoms with van der Waals surface area (Å²) in [4.78, 5) is 4.88. The van der Waals surface area contributed by atoms with Crippen LogP contribution in [0.4, 0.5) is 0 Å². The van der Waals surface area contributed by atoms with Gasteiger partial charge in [0.1, 0.15) is 0 Å². The van der Waals surface area contributed by atoms with Gasteiger partial charge in [0.15, 0.2) is 0 Å². The molecule has 1 nitrogen and oxygen atoms in total. The molecule has 0 saturated carbocycles. The SMILES string of the molecule is C=C(C)c1ccccc1.C=C(N=C(C)c1ccccc1)c1ccc2c(c1)-c1ccccc1C21c2ccccc2-c2ccccc21. The van der Waals surface area contributed by atoms with E-state index in [1.807, 2.05) is 50.2 Å². The average molecular weight is 578 g/mol. The van der Waals surface area contributed by atoms with Crippen molar-refractivity contribution in [1.82, 2.24) is 0 Å². The molecule has 0 radical (unpaired) electrons. The topological polar surface area (TPSA) is 12.4 Å². The van der Waals surface area contributed by atoms with E-state index in [0.29, 0.717) is 0 Å².